The maximum atomic E-state index is 12.9. The Kier molecular flexibility index (Phi) is 7.45. The average molecular weight is 456 g/mol. The van der Waals surface area contributed by atoms with Crippen molar-refractivity contribution < 1.29 is 18.3 Å². The fraction of sp³-hybridized carbons (Fsp3) is 0.217. The summed E-state index contributed by atoms with van der Waals surface area (Å²) in [6.45, 7) is 1.97. The van der Waals surface area contributed by atoms with E-state index in [1.165, 1.54) is 22.0 Å². The summed E-state index contributed by atoms with van der Waals surface area (Å²) in [5, 5.41) is 2.53. The van der Waals surface area contributed by atoms with Crippen molar-refractivity contribution in [2.75, 3.05) is 11.4 Å². The number of aromatic nitrogens is 1. The van der Waals surface area contributed by atoms with Crippen molar-refractivity contribution in [1.29, 1.82) is 0 Å². The number of carbonyl (C=O) groups is 1. The second-order valence-electron chi connectivity index (χ2n) is 7.19. The number of benzene rings is 2. The lowest BCUT2D eigenvalue weighted by Gasteiger charge is -2.23. The molecule has 1 aromatic heterocycles. The van der Waals surface area contributed by atoms with Gasteiger partial charge in [0.2, 0.25) is 5.43 Å². The first kappa shape index (κ1) is 23.2. The largest absolute Gasteiger partial charge is 0.483 e. The van der Waals surface area contributed by atoms with Crippen LogP contribution in [-0.4, -0.2) is 26.3 Å². The molecule has 2 N–H and O–H groups in total. The second kappa shape index (κ2) is 10.3. The molecule has 0 aliphatic rings. The summed E-state index contributed by atoms with van der Waals surface area (Å²) in [5.41, 5.74) is 2.30. The average Bonchev–Trinajstić information content (AvgIpc) is 2.79. The van der Waals surface area contributed by atoms with Gasteiger partial charge in [-0.15, -0.1) is 0 Å². The first-order valence-corrected chi connectivity index (χ1v) is 10.9. The summed E-state index contributed by atoms with van der Waals surface area (Å²) in [6, 6.07) is 17.7. The van der Waals surface area contributed by atoms with Crippen LogP contribution in [0.5, 0.6) is 5.75 Å². The molecule has 1 amide bonds. The Morgan fingerprint density at radius 2 is 1.81 bits per heavy atom. The van der Waals surface area contributed by atoms with E-state index in [1.54, 1.807) is 19.2 Å². The molecule has 8 nitrogen and oxygen atoms in total. The van der Waals surface area contributed by atoms with Gasteiger partial charge in [0.1, 0.15) is 6.61 Å². The Morgan fingerprint density at radius 1 is 1.16 bits per heavy atom. The quantitative estimate of drug-likeness (QED) is 0.509. The highest BCUT2D eigenvalue weighted by Gasteiger charge is 2.23. The van der Waals surface area contributed by atoms with E-state index >= 15 is 0 Å². The fourth-order valence-corrected chi connectivity index (χ4v) is 3.76. The van der Waals surface area contributed by atoms with Gasteiger partial charge in [-0.3, -0.25) is 18.4 Å². The summed E-state index contributed by atoms with van der Waals surface area (Å²) in [5.74, 6) is -0.576. The number of hydrogen-bond acceptors (Lipinski definition) is 4. The number of nitrogens with one attached hydrogen (secondary N) is 1. The van der Waals surface area contributed by atoms with E-state index in [9.17, 15) is 18.4 Å². The first-order chi connectivity index (χ1) is 15.3. The molecule has 1 heterocycles. The molecule has 1 atom stereocenters. The van der Waals surface area contributed by atoms with Crippen LogP contribution < -0.4 is 19.8 Å². The van der Waals surface area contributed by atoms with E-state index < -0.39 is 22.6 Å². The molecule has 0 saturated carbocycles. The Labute approximate surface area is 188 Å². The Hall–Kier alpha value is -3.43. The van der Waals surface area contributed by atoms with Crippen LogP contribution in [0.25, 0.3) is 0 Å². The predicted molar refractivity (Wildman–Crippen MR) is 124 cm³/mol. The van der Waals surface area contributed by atoms with E-state index in [-0.39, 0.29) is 24.6 Å². The van der Waals surface area contributed by atoms with Crippen molar-refractivity contribution in [3.8, 4) is 5.75 Å². The zero-order valence-corrected chi connectivity index (χ0v) is 18.9. The summed E-state index contributed by atoms with van der Waals surface area (Å²) in [6.07, 6.45) is 0. The fourth-order valence-electron chi connectivity index (χ4n) is 3.22. The molecular weight excluding hydrogens is 430 g/mol. The Morgan fingerprint density at radius 3 is 2.41 bits per heavy atom. The maximum Gasteiger partial charge on any atom is 0.271 e. The number of rotatable bonds is 8. The molecule has 2 aromatic carbocycles. The van der Waals surface area contributed by atoms with Crippen molar-refractivity contribution >= 4 is 22.9 Å². The lowest BCUT2D eigenvalue weighted by Crippen LogP contribution is -2.32. The van der Waals surface area contributed by atoms with Gasteiger partial charge in [0.25, 0.3) is 17.2 Å². The number of pyridine rings is 1. The molecule has 0 bridgehead atoms. The Bertz CT molecular complexity index is 1180. The van der Waals surface area contributed by atoms with Crippen LogP contribution in [-0.2, 0) is 31.5 Å². The standard InChI is InChI=1S/C23H25N3O5S/c1-16-9-11-18(12-10-16)26(32(29)30)14-19-13-20(27)22(21(25(19)3)23(28)24-2)31-15-17-7-5-4-6-8-17/h4-13H,14-15H2,1-3H3,(H,24,28)(H,29,30). The monoisotopic (exact) mass is 455 g/mol. The highest BCUT2D eigenvalue weighted by Crippen LogP contribution is 2.22. The molecule has 3 rings (SSSR count). The van der Waals surface area contributed by atoms with E-state index in [0.29, 0.717) is 11.4 Å². The van der Waals surface area contributed by atoms with Crippen molar-refractivity contribution in [3.63, 3.8) is 0 Å². The molecule has 0 saturated heterocycles. The van der Waals surface area contributed by atoms with Crippen molar-refractivity contribution in [2.45, 2.75) is 20.1 Å². The summed E-state index contributed by atoms with van der Waals surface area (Å²) in [4.78, 5) is 25.5. The minimum Gasteiger partial charge on any atom is -0.483 e. The van der Waals surface area contributed by atoms with Crippen LogP contribution in [0.4, 0.5) is 5.69 Å². The van der Waals surface area contributed by atoms with Crippen LogP contribution in [0.1, 0.15) is 27.3 Å². The second-order valence-corrected chi connectivity index (χ2v) is 8.10. The molecule has 168 valence electrons. The van der Waals surface area contributed by atoms with Gasteiger partial charge in [0, 0.05) is 25.9 Å². The van der Waals surface area contributed by atoms with Gasteiger partial charge in [-0.05, 0) is 24.6 Å². The molecule has 0 aliphatic heterocycles. The minimum atomic E-state index is -2.34. The summed E-state index contributed by atoms with van der Waals surface area (Å²) < 4.78 is 30.4. The molecule has 0 radical (unpaired) electrons. The van der Waals surface area contributed by atoms with Crippen LogP contribution in [0.2, 0.25) is 0 Å². The zero-order chi connectivity index (χ0) is 23.3. The van der Waals surface area contributed by atoms with E-state index in [4.69, 9.17) is 4.74 Å². The number of carbonyl (C=O) groups excluding carboxylic acids is 1. The lowest BCUT2D eigenvalue weighted by atomic mass is 10.2. The molecule has 1 unspecified atom stereocenters. The molecule has 32 heavy (non-hydrogen) atoms. The lowest BCUT2D eigenvalue weighted by molar-refractivity contribution is 0.0948. The predicted octanol–water partition coefficient (Wildman–Crippen LogP) is 2.78. The molecular formula is C23H25N3O5S. The van der Waals surface area contributed by atoms with Gasteiger partial charge in [0.05, 0.1) is 12.2 Å². The summed E-state index contributed by atoms with van der Waals surface area (Å²) >= 11 is -2.34. The summed E-state index contributed by atoms with van der Waals surface area (Å²) in [7, 11) is 3.07. The molecule has 0 spiro atoms. The Balaban J connectivity index is 2.00. The van der Waals surface area contributed by atoms with Gasteiger partial charge in [-0.2, -0.15) is 0 Å². The molecule has 0 aliphatic carbocycles. The molecule has 0 fully saturated rings. The SMILES string of the molecule is CNC(=O)c1c(OCc2ccccc2)c(=O)cc(CN(c2ccc(C)cc2)S(=O)O)n1C. The molecule has 9 heteroatoms. The third-order valence-corrected chi connectivity index (χ3v) is 5.70. The number of ether oxygens (including phenoxy) is 1. The number of nitrogens with zero attached hydrogens (tertiary/aromatic N) is 2. The smallest absolute Gasteiger partial charge is 0.271 e. The van der Waals surface area contributed by atoms with Gasteiger partial charge in [-0.1, -0.05) is 48.0 Å². The van der Waals surface area contributed by atoms with Crippen molar-refractivity contribution in [3.05, 3.63) is 93.4 Å². The third-order valence-electron chi connectivity index (χ3n) is 4.99. The van der Waals surface area contributed by atoms with Crippen LogP contribution in [0.15, 0.2) is 65.5 Å². The number of aryl methyl sites for hydroxylation is 1. The number of anilines is 1. The zero-order valence-electron chi connectivity index (χ0n) is 18.1. The highest BCUT2D eigenvalue weighted by atomic mass is 32.2. The molecule has 3 aromatic rings. The number of amides is 1. The highest BCUT2D eigenvalue weighted by molar-refractivity contribution is 7.80. The number of hydrogen-bond donors (Lipinski definition) is 2. The van der Waals surface area contributed by atoms with Gasteiger partial charge in [-0.25, -0.2) is 4.21 Å². The van der Waals surface area contributed by atoms with Crippen LogP contribution in [0, 0.1) is 6.92 Å². The van der Waals surface area contributed by atoms with Gasteiger partial charge >= 0.3 is 0 Å². The van der Waals surface area contributed by atoms with E-state index in [0.717, 1.165) is 11.1 Å². The third kappa shape index (κ3) is 5.24. The van der Waals surface area contributed by atoms with Gasteiger partial charge in [0.15, 0.2) is 11.4 Å². The van der Waals surface area contributed by atoms with Crippen LogP contribution in [0.3, 0.4) is 0 Å². The normalized spacial score (nSPS) is 11.6. The minimum absolute atomic E-state index is 0.0403. The van der Waals surface area contributed by atoms with E-state index in [2.05, 4.69) is 5.32 Å². The maximum absolute atomic E-state index is 12.9. The van der Waals surface area contributed by atoms with Crippen LogP contribution >= 0.6 is 0 Å². The van der Waals surface area contributed by atoms with Crippen molar-refractivity contribution in [2.24, 2.45) is 7.05 Å². The first-order valence-electron chi connectivity index (χ1n) is 9.88. The van der Waals surface area contributed by atoms with Crippen molar-refractivity contribution in [1.82, 2.24) is 9.88 Å². The topological polar surface area (TPSA) is 101 Å². The van der Waals surface area contributed by atoms with Gasteiger partial charge < -0.3 is 14.6 Å². The van der Waals surface area contributed by atoms with E-state index in [1.807, 2.05) is 49.4 Å².